The van der Waals surface area contributed by atoms with E-state index in [1.807, 2.05) is 30.3 Å². The first-order valence-electron chi connectivity index (χ1n) is 9.09. The Balaban J connectivity index is 1.56. The molecule has 4 aromatic rings. The minimum Gasteiger partial charge on any atom is -0.326 e. The van der Waals surface area contributed by atoms with Crippen LogP contribution in [0.5, 0.6) is 0 Å². The van der Waals surface area contributed by atoms with E-state index in [9.17, 15) is 14.0 Å². The number of aryl methyl sites for hydroxylation is 1. The first-order chi connectivity index (χ1) is 14.0. The zero-order valence-corrected chi connectivity index (χ0v) is 15.7. The number of benzene rings is 2. The molecule has 0 radical (unpaired) electrons. The number of halogens is 1. The highest BCUT2D eigenvalue weighted by molar-refractivity contribution is 5.90. The largest absolute Gasteiger partial charge is 0.326 e. The predicted molar refractivity (Wildman–Crippen MR) is 108 cm³/mol. The van der Waals surface area contributed by atoms with Crippen molar-refractivity contribution in [3.63, 3.8) is 0 Å². The Bertz CT molecular complexity index is 1230. The van der Waals surface area contributed by atoms with E-state index in [-0.39, 0.29) is 30.2 Å². The molecule has 29 heavy (non-hydrogen) atoms. The summed E-state index contributed by atoms with van der Waals surface area (Å²) in [4.78, 5) is 29.6. The van der Waals surface area contributed by atoms with E-state index in [4.69, 9.17) is 0 Å². The van der Waals surface area contributed by atoms with Gasteiger partial charge in [-0.15, -0.1) is 0 Å². The van der Waals surface area contributed by atoms with Gasteiger partial charge in [-0.05, 0) is 43.3 Å². The molecule has 0 spiro atoms. The molecule has 0 saturated carbocycles. The molecule has 0 aliphatic rings. The lowest BCUT2D eigenvalue weighted by Crippen LogP contribution is -2.26. The number of para-hydroxylation sites is 1. The Hall–Kier alpha value is -3.81. The van der Waals surface area contributed by atoms with Crippen molar-refractivity contribution in [1.82, 2.24) is 19.3 Å². The second kappa shape index (κ2) is 7.67. The summed E-state index contributed by atoms with van der Waals surface area (Å²) in [6, 6.07) is 14.9. The van der Waals surface area contributed by atoms with Gasteiger partial charge in [-0.1, -0.05) is 18.2 Å². The van der Waals surface area contributed by atoms with Crippen LogP contribution in [-0.2, 0) is 11.3 Å². The van der Waals surface area contributed by atoms with Crippen molar-refractivity contribution < 1.29 is 9.18 Å². The highest BCUT2D eigenvalue weighted by atomic mass is 19.1. The summed E-state index contributed by atoms with van der Waals surface area (Å²) in [7, 11) is 0. The van der Waals surface area contributed by atoms with Gasteiger partial charge in [0.05, 0.1) is 11.9 Å². The van der Waals surface area contributed by atoms with Crippen LogP contribution in [0.15, 0.2) is 65.6 Å². The van der Waals surface area contributed by atoms with E-state index in [2.05, 4.69) is 15.4 Å². The fraction of sp³-hybridized carbons (Fsp3) is 0.143. The van der Waals surface area contributed by atoms with Crippen molar-refractivity contribution in [3.05, 3.63) is 82.8 Å². The molecule has 1 N–H and O–H groups in total. The molecule has 2 heterocycles. The summed E-state index contributed by atoms with van der Waals surface area (Å²) >= 11 is 0. The van der Waals surface area contributed by atoms with Crippen molar-refractivity contribution in [3.8, 4) is 5.69 Å². The van der Waals surface area contributed by atoms with Crippen LogP contribution in [0.1, 0.15) is 12.2 Å². The molecule has 0 saturated heterocycles. The molecule has 0 fully saturated rings. The maximum Gasteiger partial charge on any atom is 0.264 e. The van der Waals surface area contributed by atoms with E-state index < -0.39 is 0 Å². The summed E-state index contributed by atoms with van der Waals surface area (Å²) in [6.07, 6.45) is 1.57. The smallest absolute Gasteiger partial charge is 0.264 e. The zero-order chi connectivity index (χ0) is 20.4. The van der Waals surface area contributed by atoms with Crippen LogP contribution in [0.4, 0.5) is 10.1 Å². The van der Waals surface area contributed by atoms with Gasteiger partial charge in [-0.2, -0.15) is 5.10 Å². The van der Waals surface area contributed by atoms with Crippen LogP contribution in [0.3, 0.4) is 0 Å². The maximum atomic E-state index is 13.0. The van der Waals surface area contributed by atoms with Crippen molar-refractivity contribution >= 4 is 22.6 Å². The van der Waals surface area contributed by atoms with E-state index >= 15 is 0 Å². The van der Waals surface area contributed by atoms with E-state index in [1.54, 1.807) is 11.6 Å². The number of carbonyl (C=O) groups is 1. The van der Waals surface area contributed by atoms with Crippen molar-refractivity contribution in [1.29, 1.82) is 0 Å². The van der Waals surface area contributed by atoms with Crippen molar-refractivity contribution in [2.24, 2.45) is 0 Å². The molecule has 146 valence electrons. The SMILES string of the molecule is Cc1nc2c(cnn2-c2ccccc2)c(=O)n1CCC(=O)Nc1ccc(F)cc1. The normalized spacial score (nSPS) is 11.0. The molecular weight excluding hydrogens is 373 g/mol. The highest BCUT2D eigenvalue weighted by Crippen LogP contribution is 2.14. The van der Waals surface area contributed by atoms with Crippen LogP contribution in [0.2, 0.25) is 0 Å². The summed E-state index contributed by atoms with van der Waals surface area (Å²) in [6.45, 7) is 1.90. The minimum atomic E-state index is -0.374. The molecule has 0 atom stereocenters. The van der Waals surface area contributed by atoms with E-state index in [0.29, 0.717) is 22.5 Å². The standard InChI is InChI=1S/C21H18FN5O2/c1-14-24-20-18(13-23-27(20)17-5-3-2-4-6-17)21(29)26(14)12-11-19(28)25-16-9-7-15(22)8-10-16/h2-10,13H,11-12H2,1H3,(H,25,28). The average Bonchev–Trinajstić information content (AvgIpc) is 3.14. The third-order valence-corrected chi connectivity index (χ3v) is 4.57. The summed E-state index contributed by atoms with van der Waals surface area (Å²) in [5.74, 6) is -0.154. The van der Waals surface area contributed by atoms with Gasteiger partial charge in [0.1, 0.15) is 17.0 Å². The van der Waals surface area contributed by atoms with Crippen molar-refractivity contribution in [2.75, 3.05) is 5.32 Å². The molecular formula is C21H18FN5O2. The lowest BCUT2D eigenvalue weighted by molar-refractivity contribution is -0.116. The number of hydrogen-bond acceptors (Lipinski definition) is 4. The van der Waals surface area contributed by atoms with Gasteiger partial charge >= 0.3 is 0 Å². The van der Waals surface area contributed by atoms with Crippen LogP contribution in [0.25, 0.3) is 16.7 Å². The molecule has 1 amide bonds. The molecule has 0 unspecified atom stereocenters. The van der Waals surface area contributed by atoms with Gasteiger partial charge < -0.3 is 5.32 Å². The Morgan fingerprint density at radius 1 is 1.10 bits per heavy atom. The molecule has 2 aromatic heterocycles. The third-order valence-electron chi connectivity index (χ3n) is 4.57. The van der Waals surface area contributed by atoms with E-state index in [1.165, 1.54) is 35.0 Å². The average molecular weight is 391 g/mol. The molecule has 4 rings (SSSR count). The molecule has 0 aliphatic carbocycles. The van der Waals surface area contributed by atoms with Crippen LogP contribution < -0.4 is 10.9 Å². The fourth-order valence-electron chi connectivity index (χ4n) is 3.10. The topological polar surface area (TPSA) is 81.8 Å². The number of amides is 1. The maximum absolute atomic E-state index is 13.0. The first-order valence-corrected chi connectivity index (χ1v) is 9.09. The summed E-state index contributed by atoms with van der Waals surface area (Å²) in [5, 5.41) is 7.37. The van der Waals surface area contributed by atoms with Gasteiger partial charge in [-0.25, -0.2) is 14.1 Å². The molecule has 2 aromatic carbocycles. The lowest BCUT2D eigenvalue weighted by atomic mass is 10.3. The van der Waals surface area contributed by atoms with Gasteiger partial charge in [-0.3, -0.25) is 14.2 Å². The highest BCUT2D eigenvalue weighted by Gasteiger charge is 2.15. The summed E-state index contributed by atoms with van der Waals surface area (Å²) < 4.78 is 16.0. The quantitative estimate of drug-likeness (QED) is 0.567. The summed E-state index contributed by atoms with van der Waals surface area (Å²) in [5.41, 5.74) is 1.54. The van der Waals surface area contributed by atoms with Gasteiger partial charge in [0.2, 0.25) is 5.91 Å². The zero-order valence-electron chi connectivity index (χ0n) is 15.7. The second-order valence-corrected chi connectivity index (χ2v) is 6.55. The molecule has 7 nitrogen and oxygen atoms in total. The van der Waals surface area contributed by atoms with Crippen LogP contribution >= 0.6 is 0 Å². The molecule has 0 aliphatic heterocycles. The molecule has 0 bridgehead atoms. The number of aromatic nitrogens is 4. The fourth-order valence-corrected chi connectivity index (χ4v) is 3.10. The first kappa shape index (κ1) is 18.5. The Kier molecular flexibility index (Phi) is 4.90. The Morgan fingerprint density at radius 2 is 1.83 bits per heavy atom. The molecule has 8 heteroatoms. The van der Waals surface area contributed by atoms with Crippen LogP contribution in [-0.4, -0.2) is 25.2 Å². The Labute approximate surface area is 165 Å². The number of fused-ring (bicyclic) bond motifs is 1. The number of anilines is 1. The number of hydrogen-bond donors (Lipinski definition) is 1. The number of nitrogens with zero attached hydrogens (tertiary/aromatic N) is 4. The van der Waals surface area contributed by atoms with Gasteiger partial charge in [0.15, 0.2) is 5.65 Å². The van der Waals surface area contributed by atoms with Crippen molar-refractivity contribution in [2.45, 2.75) is 19.9 Å². The van der Waals surface area contributed by atoms with Gasteiger partial charge in [0, 0.05) is 18.7 Å². The minimum absolute atomic E-state index is 0.0815. The van der Waals surface area contributed by atoms with E-state index in [0.717, 1.165) is 5.69 Å². The number of nitrogens with one attached hydrogen (secondary N) is 1. The number of carbonyl (C=O) groups excluding carboxylic acids is 1. The second-order valence-electron chi connectivity index (χ2n) is 6.55. The lowest BCUT2D eigenvalue weighted by Gasteiger charge is -2.10. The third kappa shape index (κ3) is 3.77. The predicted octanol–water partition coefficient (Wildman–Crippen LogP) is 3.06. The van der Waals surface area contributed by atoms with Gasteiger partial charge in [0.25, 0.3) is 5.56 Å². The Morgan fingerprint density at radius 3 is 2.55 bits per heavy atom. The van der Waals surface area contributed by atoms with Crippen LogP contribution in [0, 0.1) is 12.7 Å². The number of rotatable bonds is 5. The monoisotopic (exact) mass is 391 g/mol.